The lowest BCUT2D eigenvalue weighted by Gasteiger charge is -2.18. The summed E-state index contributed by atoms with van der Waals surface area (Å²) in [4.78, 5) is 24.3. The fourth-order valence-electron chi connectivity index (χ4n) is 1.28. The Bertz CT molecular complexity index is 235. The van der Waals surface area contributed by atoms with Gasteiger partial charge in [0.2, 0.25) is 5.91 Å². The summed E-state index contributed by atoms with van der Waals surface area (Å²) < 4.78 is 0. The summed E-state index contributed by atoms with van der Waals surface area (Å²) in [7, 11) is 0. The number of amides is 3. The first kappa shape index (κ1) is 11.8. The molecule has 0 saturated heterocycles. The zero-order valence-corrected chi connectivity index (χ0v) is 9.38. The molecular weight excluding hydrogens is 194 g/mol. The van der Waals surface area contributed by atoms with E-state index in [2.05, 4.69) is 10.6 Å². The van der Waals surface area contributed by atoms with Gasteiger partial charge < -0.3 is 15.5 Å². The van der Waals surface area contributed by atoms with Gasteiger partial charge in [-0.1, -0.05) is 0 Å². The fourth-order valence-corrected chi connectivity index (χ4v) is 1.28. The van der Waals surface area contributed by atoms with Gasteiger partial charge in [-0.2, -0.15) is 0 Å². The maximum atomic E-state index is 11.4. The molecule has 1 aliphatic rings. The minimum Gasteiger partial charge on any atom is -0.352 e. The van der Waals surface area contributed by atoms with Gasteiger partial charge in [0.1, 0.15) is 0 Å². The number of carbonyl (C=O) groups is 2. The molecule has 0 radical (unpaired) electrons. The smallest absolute Gasteiger partial charge is 0.317 e. The van der Waals surface area contributed by atoms with Crippen molar-refractivity contribution in [2.75, 3.05) is 19.6 Å². The lowest BCUT2D eigenvalue weighted by Crippen LogP contribution is -2.44. The molecule has 86 valence electrons. The Kier molecular flexibility index (Phi) is 4.39. The van der Waals surface area contributed by atoms with Crippen LogP contribution in [0.5, 0.6) is 0 Å². The average molecular weight is 213 g/mol. The highest BCUT2D eigenvalue weighted by Gasteiger charge is 2.23. The van der Waals surface area contributed by atoms with Crippen LogP contribution in [0.2, 0.25) is 0 Å². The summed E-state index contributed by atoms with van der Waals surface area (Å²) >= 11 is 0. The molecule has 15 heavy (non-hydrogen) atoms. The number of urea groups is 1. The molecule has 2 N–H and O–H groups in total. The van der Waals surface area contributed by atoms with E-state index in [1.54, 1.807) is 4.90 Å². The Balaban J connectivity index is 2.16. The first-order chi connectivity index (χ1) is 7.17. The summed E-state index contributed by atoms with van der Waals surface area (Å²) in [5, 5.41) is 5.40. The van der Waals surface area contributed by atoms with E-state index in [4.69, 9.17) is 0 Å². The largest absolute Gasteiger partial charge is 0.352 e. The van der Waals surface area contributed by atoms with E-state index in [0.717, 1.165) is 12.8 Å². The number of nitrogens with zero attached hydrogens (tertiary/aromatic N) is 1. The van der Waals surface area contributed by atoms with E-state index in [1.807, 2.05) is 13.8 Å². The van der Waals surface area contributed by atoms with Gasteiger partial charge in [-0.05, 0) is 26.7 Å². The summed E-state index contributed by atoms with van der Waals surface area (Å²) in [6.45, 7) is 5.21. The number of carbonyl (C=O) groups excluding carboxylic acids is 2. The van der Waals surface area contributed by atoms with Gasteiger partial charge in [0.25, 0.3) is 0 Å². The normalized spacial score (nSPS) is 14.5. The molecule has 0 aromatic carbocycles. The van der Waals surface area contributed by atoms with Crippen LogP contribution < -0.4 is 10.6 Å². The van der Waals surface area contributed by atoms with Gasteiger partial charge in [-0.3, -0.25) is 4.79 Å². The highest BCUT2D eigenvalue weighted by Crippen LogP contribution is 2.18. The van der Waals surface area contributed by atoms with E-state index in [0.29, 0.717) is 19.1 Å². The van der Waals surface area contributed by atoms with Crippen molar-refractivity contribution in [3.05, 3.63) is 0 Å². The quantitative estimate of drug-likeness (QED) is 0.690. The predicted octanol–water partition coefficient (Wildman–Crippen LogP) is 0.316. The molecule has 0 bridgehead atoms. The molecular formula is C10H19N3O2. The molecule has 3 amide bonds. The fraction of sp³-hybridized carbons (Fsp3) is 0.800. The zero-order chi connectivity index (χ0) is 11.3. The molecule has 0 spiro atoms. The molecule has 0 aromatic rings. The Morgan fingerprint density at radius 3 is 2.33 bits per heavy atom. The van der Waals surface area contributed by atoms with Crippen LogP contribution in [0.25, 0.3) is 0 Å². The summed E-state index contributed by atoms with van der Waals surface area (Å²) in [5.41, 5.74) is 0. The van der Waals surface area contributed by atoms with E-state index < -0.39 is 0 Å². The molecule has 0 aliphatic heterocycles. The Morgan fingerprint density at radius 1 is 1.27 bits per heavy atom. The van der Waals surface area contributed by atoms with Gasteiger partial charge in [0, 0.05) is 19.1 Å². The van der Waals surface area contributed by atoms with E-state index in [1.165, 1.54) is 0 Å². The topological polar surface area (TPSA) is 61.4 Å². The van der Waals surface area contributed by atoms with Crippen molar-refractivity contribution in [3.63, 3.8) is 0 Å². The number of hydrogen-bond acceptors (Lipinski definition) is 2. The maximum Gasteiger partial charge on any atom is 0.317 e. The highest BCUT2D eigenvalue weighted by atomic mass is 16.2. The Hall–Kier alpha value is -1.26. The van der Waals surface area contributed by atoms with Gasteiger partial charge >= 0.3 is 6.03 Å². The van der Waals surface area contributed by atoms with Crippen LogP contribution in [0.3, 0.4) is 0 Å². The summed E-state index contributed by atoms with van der Waals surface area (Å²) in [6, 6.07) is 0.175. The van der Waals surface area contributed by atoms with Crippen molar-refractivity contribution < 1.29 is 9.59 Å². The zero-order valence-electron chi connectivity index (χ0n) is 9.38. The molecule has 1 fully saturated rings. The standard InChI is InChI=1S/C10H19N3O2/c1-3-13(4-2)10(15)11-7-9(14)12-8-5-6-8/h8H,3-7H2,1-2H3,(H,11,15)(H,12,14). The van der Waals surface area contributed by atoms with E-state index >= 15 is 0 Å². The van der Waals surface area contributed by atoms with Crippen LogP contribution in [0.1, 0.15) is 26.7 Å². The van der Waals surface area contributed by atoms with Gasteiger partial charge in [-0.25, -0.2) is 4.79 Å². The van der Waals surface area contributed by atoms with Crippen molar-refractivity contribution in [1.29, 1.82) is 0 Å². The van der Waals surface area contributed by atoms with Crippen molar-refractivity contribution in [3.8, 4) is 0 Å². The van der Waals surface area contributed by atoms with Crippen LogP contribution in [0, 0.1) is 0 Å². The lowest BCUT2D eigenvalue weighted by atomic mass is 10.5. The van der Waals surface area contributed by atoms with Crippen LogP contribution in [-0.4, -0.2) is 42.5 Å². The molecule has 0 atom stereocenters. The van der Waals surface area contributed by atoms with Crippen molar-refractivity contribution in [2.45, 2.75) is 32.7 Å². The van der Waals surface area contributed by atoms with Crippen LogP contribution in [0.15, 0.2) is 0 Å². The maximum absolute atomic E-state index is 11.4. The minimum absolute atomic E-state index is 0.0752. The predicted molar refractivity (Wildman–Crippen MR) is 57.5 cm³/mol. The molecule has 5 heteroatoms. The Labute approximate surface area is 90.2 Å². The van der Waals surface area contributed by atoms with E-state index in [-0.39, 0.29) is 18.5 Å². The highest BCUT2D eigenvalue weighted by molar-refractivity contribution is 5.84. The third-order valence-electron chi connectivity index (χ3n) is 2.39. The lowest BCUT2D eigenvalue weighted by molar-refractivity contribution is -0.120. The average Bonchev–Trinajstić information content (AvgIpc) is 3.00. The van der Waals surface area contributed by atoms with Crippen LogP contribution in [-0.2, 0) is 4.79 Å². The van der Waals surface area contributed by atoms with Crippen molar-refractivity contribution in [1.82, 2.24) is 15.5 Å². The molecule has 0 unspecified atom stereocenters. The number of rotatable bonds is 5. The molecule has 0 heterocycles. The van der Waals surface area contributed by atoms with Crippen LogP contribution >= 0.6 is 0 Å². The van der Waals surface area contributed by atoms with Gasteiger partial charge in [0.15, 0.2) is 0 Å². The van der Waals surface area contributed by atoms with Gasteiger partial charge in [0.05, 0.1) is 6.54 Å². The second-order valence-electron chi connectivity index (χ2n) is 3.67. The molecule has 0 aromatic heterocycles. The second-order valence-corrected chi connectivity index (χ2v) is 3.67. The SMILES string of the molecule is CCN(CC)C(=O)NCC(=O)NC1CC1. The molecule has 1 aliphatic carbocycles. The Morgan fingerprint density at radius 2 is 1.87 bits per heavy atom. The monoisotopic (exact) mass is 213 g/mol. The first-order valence-corrected chi connectivity index (χ1v) is 5.49. The van der Waals surface area contributed by atoms with Crippen molar-refractivity contribution in [2.24, 2.45) is 0 Å². The molecule has 1 rings (SSSR count). The van der Waals surface area contributed by atoms with Crippen molar-refractivity contribution >= 4 is 11.9 Å². The number of hydrogen-bond donors (Lipinski definition) is 2. The minimum atomic E-state index is -0.175. The summed E-state index contributed by atoms with van der Waals surface area (Å²) in [6.07, 6.45) is 2.13. The third kappa shape index (κ3) is 4.18. The molecule has 5 nitrogen and oxygen atoms in total. The molecule has 1 saturated carbocycles. The number of nitrogens with one attached hydrogen (secondary N) is 2. The van der Waals surface area contributed by atoms with Gasteiger partial charge in [-0.15, -0.1) is 0 Å². The first-order valence-electron chi connectivity index (χ1n) is 5.49. The van der Waals surface area contributed by atoms with Crippen LogP contribution in [0.4, 0.5) is 4.79 Å². The second kappa shape index (κ2) is 5.58. The van der Waals surface area contributed by atoms with E-state index in [9.17, 15) is 9.59 Å². The summed E-state index contributed by atoms with van der Waals surface area (Å²) in [5.74, 6) is -0.0991. The third-order valence-corrected chi connectivity index (χ3v) is 2.39.